The molecule has 1 N–H and O–H groups in total. The fourth-order valence-corrected chi connectivity index (χ4v) is 7.37. The summed E-state index contributed by atoms with van der Waals surface area (Å²) in [7, 11) is 0. The molecule has 61 heavy (non-hydrogen) atoms. The molecule has 1 amide bonds. The van der Waals surface area contributed by atoms with Crippen LogP contribution in [0.25, 0.3) is 0 Å². The van der Waals surface area contributed by atoms with Gasteiger partial charge in [0, 0.05) is 19.6 Å². The predicted molar refractivity (Wildman–Crippen MR) is 259 cm³/mol. The first kappa shape index (κ1) is 58.6. The number of nitrogens with one attached hydrogen (secondary N) is 1. The van der Waals surface area contributed by atoms with E-state index in [-0.39, 0.29) is 18.0 Å². The van der Waals surface area contributed by atoms with Gasteiger partial charge < -0.3 is 24.4 Å². The van der Waals surface area contributed by atoms with Gasteiger partial charge in [-0.05, 0) is 104 Å². The monoisotopic (exact) mass is 861 g/mol. The van der Waals surface area contributed by atoms with Crippen LogP contribution < -0.4 is 5.32 Å². The van der Waals surface area contributed by atoms with Crippen molar-refractivity contribution in [2.24, 2.45) is 0 Å². The Labute approximate surface area is 377 Å². The summed E-state index contributed by atoms with van der Waals surface area (Å²) < 4.78 is 16.5. The molecule has 0 saturated heterocycles. The van der Waals surface area contributed by atoms with Crippen LogP contribution in [0.2, 0.25) is 0 Å². The van der Waals surface area contributed by atoms with Crippen LogP contribution in [0.1, 0.15) is 253 Å². The lowest BCUT2D eigenvalue weighted by Crippen LogP contribution is -2.33. The smallest absolute Gasteiger partial charge is 0.407 e. The number of allylic oxidation sites excluding steroid dienone is 4. The zero-order valence-corrected chi connectivity index (χ0v) is 41.0. The fourth-order valence-electron chi connectivity index (χ4n) is 7.37. The summed E-state index contributed by atoms with van der Waals surface area (Å²) in [6, 6.07) is 0. The summed E-state index contributed by atoms with van der Waals surface area (Å²) >= 11 is 0. The molecule has 0 aromatic heterocycles. The molecule has 8 nitrogen and oxygen atoms in total. The average molecular weight is 861 g/mol. The van der Waals surface area contributed by atoms with Crippen LogP contribution in [-0.4, -0.2) is 67.9 Å². The average Bonchev–Trinajstić information content (AvgIpc) is 3.22. The van der Waals surface area contributed by atoms with Gasteiger partial charge in [0.15, 0.2) is 0 Å². The number of carbonyl (C=O) groups excluding carboxylic acids is 3. The van der Waals surface area contributed by atoms with Crippen LogP contribution in [0.5, 0.6) is 0 Å². The van der Waals surface area contributed by atoms with Gasteiger partial charge in [0.05, 0.1) is 26.1 Å². The molecule has 0 unspecified atom stereocenters. The number of rotatable bonds is 45. The molecular formula is C53H100N2O6. The highest BCUT2D eigenvalue weighted by molar-refractivity contribution is 5.70. The van der Waals surface area contributed by atoms with Crippen LogP contribution in [0.15, 0.2) is 24.3 Å². The molecule has 0 fully saturated rings. The number of amides is 1. The Balaban J connectivity index is 4.23. The first-order valence-corrected chi connectivity index (χ1v) is 26.0. The molecule has 0 aliphatic carbocycles. The number of nitrogens with zero attached hydrogens (tertiary/aromatic N) is 1. The number of ether oxygens (including phenoxy) is 3. The van der Waals surface area contributed by atoms with Gasteiger partial charge in [-0.25, -0.2) is 4.79 Å². The van der Waals surface area contributed by atoms with Crippen molar-refractivity contribution in [1.82, 2.24) is 10.2 Å². The molecule has 358 valence electrons. The summed E-state index contributed by atoms with van der Waals surface area (Å²) in [5.41, 5.74) is -0.500. The predicted octanol–water partition coefficient (Wildman–Crippen LogP) is 15.3. The topological polar surface area (TPSA) is 94.2 Å². The van der Waals surface area contributed by atoms with E-state index in [0.717, 1.165) is 57.9 Å². The first-order chi connectivity index (χ1) is 29.7. The Morgan fingerprint density at radius 3 is 1.18 bits per heavy atom. The molecular weight excluding hydrogens is 761 g/mol. The van der Waals surface area contributed by atoms with Gasteiger partial charge in [-0.15, -0.1) is 0 Å². The van der Waals surface area contributed by atoms with Gasteiger partial charge in [0.1, 0.15) is 5.60 Å². The molecule has 0 spiro atoms. The molecule has 0 atom stereocenters. The lowest BCUT2D eigenvalue weighted by atomic mass is 10.1. The van der Waals surface area contributed by atoms with E-state index in [1.165, 1.54) is 154 Å². The summed E-state index contributed by atoms with van der Waals surface area (Å²) in [4.78, 5) is 39.3. The molecule has 0 aromatic carbocycles. The fraction of sp³-hybridized carbons (Fsp3) is 0.868. The third kappa shape index (κ3) is 48.5. The molecule has 0 aliphatic heterocycles. The van der Waals surface area contributed by atoms with Crippen molar-refractivity contribution in [3.8, 4) is 0 Å². The molecule has 8 heteroatoms. The van der Waals surface area contributed by atoms with Crippen molar-refractivity contribution in [2.75, 3.05) is 39.4 Å². The largest absolute Gasteiger partial charge is 0.466 e. The lowest BCUT2D eigenvalue weighted by molar-refractivity contribution is -0.144. The van der Waals surface area contributed by atoms with Gasteiger partial charge in [0.25, 0.3) is 0 Å². The van der Waals surface area contributed by atoms with Crippen LogP contribution in [0.3, 0.4) is 0 Å². The maximum absolute atomic E-state index is 12.6. The lowest BCUT2D eigenvalue weighted by Gasteiger charge is -2.21. The highest BCUT2D eigenvalue weighted by atomic mass is 16.6. The number of carbonyl (C=O) groups is 3. The second-order valence-corrected chi connectivity index (χ2v) is 18.5. The van der Waals surface area contributed by atoms with Crippen molar-refractivity contribution in [3.05, 3.63) is 24.3 Å². The van der Waals surface area contributed by atoms with Gasteiger partial charge in [0.2, 0.25) is 0 Å². The minimum Gasteiger partial charge on any atom is -0.466 e. The maximum Gasteiger partial charge on any atom is 0.407 e. The quantitative estimate of drug-likeness (QED) is 0.0282. The Morgan fingerprint density at radius 2 is 0.787 bits per heavy atom. The molecule has 0 bridgehead atoms. The Hall–Kier alpha value is -2.35. The Morgan fingerprint density at radius 1 is 0.443 bits per heavy atom. The third-order valence-corrected chi connectivity index (χ3v) is 11.2. The van der Waals surface area contributed by atoms with E-state index in [2.05, 4.69) is 48.4 Å². The SMILES string of the molecule is CCCCCCCC/C=C\CCCCCCCCOC(=O)CCN(CCCCCCNC(=O)OC(C)(C)C)CCC(=O)OCCCCCCCC/C=C\CCCCCCCC. The Bertz CT molecular complexity index is 978. The normalized spacial score (nSPS) is 11.9. The van der Waals surface area contributed by atoms with Crippen LogP contribution >= 0.6 is 0 Å². The van der Waals surface area contributed by atoms with Gasteiger partial charge >= 0.3 is 18.0 Å². The van der Waals surface area contributed by atoms with Crippen LogP contribution in [0.4, 0.5) is 4.79 Å². The molecule has 0 rings (SSSR count). The molecule has 0 aliphatic rings. The molecule has 0 saturated carbocycles. The first-order valence-electron chi connectivity index (χ1n) is 26.0. The summed E-state index contributed by atoms with van der Waals surface area (Å²) in [6.07, 6.45) is 48.8. The number of hydrogen-bond acceptors (Lipinski definition) is 7. The van der Waals surface area contributed by atoms with Crippen molar-refractivity contribution >= 4 is 18.0 Å². The molecule has 0 aromatic rings. The van der Waals surface area contributed by atoms with Gasteiger partial charge in [-0.1, -0.05) is 167 Å². The summed E-state index contributed by atoms with van der Waals surface area (Å²) in [5, 5.41) is 2.83. The zero-order valence-electron chi connectivity index (χ0n) is 41.0. The molecule has 0 heterocycles. The summed E-state index contributed by atoms with van der Waals surface area (Å²) in [6.45, 7) is 13.6. The van der Waals surface area contributed by atoms with Crippen molar-refractivity contribution in [3.63, 3.8) is 0 Å². The van der Waals surface area contributed by atoms with E-state index in [1.54, 1.807) is 0 Å². The standard InChI is InChI=1S/C53H100N2O6/c1-6-8-10-12-14-16-18-20-22-24-26-28-30-32-36-40-48-59-50(56)42-46-55(45-39-35-34-38-44-54-52(58)61-53(3,4)5)47-43-51(57)60-49-41-37-33-31-29-27-25-23-21-19-17-15-13-11-9-7-2/h20-23H,6-19,24-49H2,1-5H3,(H,54,58)/b22-20-,23-21-. The maximum atomic E-state index is 12.6. The zero-order chi connectivity index (χ0) is 44.8. The van der Waals surface area contributed by atoms with E-state index in [4.69, 9.17) is 14.2 Å². The van der Waals surface area contributed by atoms with E-state index >= 15 is 0 Å². The van der Waals surface area contributed by atoms with E-state index < -0.39 is 5.60 Å². The van der Waals surface area contributed by atoms with Crippen LogP contribution in [0, 0.1) is 0 Å². The number of esters is 2. The van der Waals surface area contributed by atoms with Crippen molar-refractivity contribution < 1.29 is 28.6 Å². The Kier molecular flexibility index (Phi) is 43.9. The van der Waals surface area contributed by atoms with E-state index in [0.29, 0.717) is 45.7 Å². The second kappa shape index (κ2) is 45.7. The van der Waals surface area contributed by atoms with Gasteiger partial charge in [-0.3, -0.25) is 9.59 Å². The van der Waals surface area contributed by atoms with Gasteiger partial charge in [-0.2, -0.15) is 0 Å². The van der Waals surface area contributed by atoms with Crippen LogP contribution in [-0.2, 0) is 23.8 Å². The minimum atomic E-state index is -0.500. The second-order valence-electron chi connectivity index (χ2n) is 18.5. The van der Waals surface area contributed by atoms with Crippen molar-refractivity contribution in [1.29, 1.82) is 0 Å². The molecule has 0 radical (unpaired) electrons. The summed E-state index contributed by atoms with van der Waals surface area (Å²) in [5.74, 6) is -0.318. The minimum absolute atomic E-state index is 0.159. The highest BCUT2D eigenvalue weighted by Crippen LogP contribution is 2.13. The number of unbranched alkanes of at least 4 members (excludes halogenated alkanes) is 27. The third-order valence-electron chi connectivity index (χ3n) is 11.2. The highest BCUT2D eigenvalue weighted by Gasteiger charge is 2.16. The van der Waals surface area contributed by atoms with Crippen molar-refractivity contribution in [2.45, 2.75) is 259 Å². The number of alkyl carbamates (subject to hydrolysis) is 1. The number of hydrogen-bond donors (Lipinski definition) is 1. The van der Waals surface area contributed by atoms with E-state index in [9.17, 15) is 14.4 Å². The van der Waals surface area contributed by atoms with E-state index in [1.807, 2.05) is 20.8 Å².